The van der Waals surface area contributed by atoms with Crippen LogP contribution in [-0.2, 0) is 0 Å². The molecule has 0 spiro atoms. The third-order valence-electron chi connectivity index (χ3n) is 2.01. The van der Waals surface area contributed by atoms with Crippen molar-refractivity contribution in [3.8, 4) is 11.1 Å². The van der Waals surface area contributed by atoms with Gasteiger partial charge in [-0.25, -0.2) is 4.39 Å². The highest BCUT2D eigenvalue weighted by Crippen LogP contribution is 2.31. The standard InChI is InChI=1S/C12H6Cl2F/c13-8-5-6-9(11(14)7-8)10-3-1-2-4-12(10)15/h1-2,4-7H. The van der Waals surface area contributed by atoms with Crippen molar-refractivity contribution in [3.63, 3.8) is 0 Å². The van der Waals surface area contributed by atoms with Crippen molar-refractivity contribution in [2.24, 2.45) is 0 Å². The molecule has 2 rings (SSSR count). The van der Waals surface area contributed by atoms with Crippen LogP contribution in [-0.4, -0.2) is 0 Å². The molecule has 2 aromatic carbocycles. The highest BCUT2D eigenvalue weighted by Gasteiger charge is 2.08. The summed E-state index contributed by atoms with van der Waals surface area (Å²) in [4.78, 5) is 0. The van der Waals surface area contributed by atoms with E-state index in [9.17, 15) is 4.39 Å². The molecule has 15 heavy (non-hydrogen) atoms. The van der Waals surface area contributed by atoms with E-state index in [0.717, 1.165) is 0 Å². The monoisotopic (exact) mass is 239 g/mol. The second-order valence-corrected chi connectivity index (χ2v) is 3.86. The van der Waals surface area contributed by atoms with E-state index in [1.165, 1.54) is 6.07 Å². The van der Waals surface area contributed by atoms with Crippen LogP contribution in [0, 0.1) is 11.9 Å². The van der Waals surface area contributed by atoms with Crippen molar-refractivity contribution in [1.82, 2.24) is 0 Å². The van der Waals surface area contributed by atoms with Gasteiger partial charge in [-0.2, -0.15) is 0 Å². The average molecular weight is 240 g/mol. The van der Waals surface area contributed by atoms with Crippen molar-refractivity contribution in [1.29, 1.82) is 0 Å². The lowest BCUT2D eigenvalue weighted by molar-refractivity contribution is 0.631. The van der Waals surface area contributed by atoms with Crippen LogP contribution in [0.2, 0.25) is 10.0 Å². The van der Waals surface area contributed by atoms with Crippen LogP contribution in [0.4, 0.5) is 4.39 Å². The summed E-state index contributed by atoms with van der Waals surface area (Å²) in [7, 11) is 0. The van der Waals surface area contributed by atoms with Gasteiger partial charge in [-0.05, 0) is 24.3 Å². The lowest BCUT2D eigenvalue weighted by atomic mass is 10.1. The molecule has 0 aliphatic carbocycles. The Kier molecular flexibility index (Phi) is 2.94. The van der Waals surface area contributed by atoms with Crippen molar-refractivity contribution >= 4 is 23.2 Å². The molecule has 0 saturated heterocycles. The van der Waals surface area contributed by atoms with E-state index in [4.69, 9.17) is 23.2 Å². The minimum absolute atomic E-state index is 0.346. The first kappa shape index (κ1) is 10.5. The average Bonchev–Trinajstić information content (AvgIpc) is 2.20. The molecule has 0 unspecified atom stereocenters. The number of hydrogen-bond acceptors (Lipinski definition) is 0. The minimum Gasteiger partial charge on any atom is -0.206 e. The van der Waals surface area contributed by atoms with Crippen molar-refractivity contribution in [2.75, 3.05) is 0 Å². The van der Waals surface area contributed by atoms with E-state index in [0.29, 0.717) is 21.2 Å². The maximum Gasteiger partial charge on any atom is 0.131 e. The number of rotatable bonds is 1. The summed E-state index contributed by atoms with van der Waals surface area (Å²) in [6, 6.07) is 12.3. The maximum atomic E-state index is 13.4. The number of hydrogen-bond donors (Lipinski definition) is 0. The Morgan fingerprint density at radius 1 is 1.13 bits per heavy atom. The topological polar surface area (TPSA) is 0 Å². The Bertz CT molecular complexity index is 495. The Hall–Kier alpha value is -1.05. The van der Waals surface area contributed by atoms with Gasteiger partial charge in [0.2, 0.25) is 0 Å². The van der Waals surface area contributed by atoms with Gasteiger partial charge in [-0.3, -0.25) is 0 Å². The first-order valence-corrected chi connectivity index (χ1v) is 5.05. The molecular weight excluding hydrogens is 234 g/mol. The van der Waals surface area contributed by atoms with Gasteiger partial charge < -0.3 is 0 Å². The molecule has 1 radical (unpaired) electrons. The lowest BCUT2D eigenvalue weighted by Crippen LogP contribution is -1.84. The Labute approximate surface area is 97.3 Å². The number of benzene rings is 2. The van der Waals surface area contributed by atoms with Gasteiger partial charge in [-0.1, -0.05) is 41.4 Å². The Balaban J connectivity index is 2.60. The van der Waals surface area contributed by atoms with Crippen molar-refractivity contribution < 1.29 is 4.39 Å². The summed E-state index contributed by atoms with van der Waals surface area (Å²) in [6.45, 7) is 0. The summed E-state index contributed by atoms with van der Waals surface area (Å²) in [5.74, 6) is -0.346. The van der Waals surface area contributed by atoms with Gasteiger partial charge in [0.1, 0.15) is 5.82 Å². The zero-order valence-corrected chi connectivity index (χ0v) is 9.11. The lowest BCUT2D eigenvalue weighted by Gasteiger charge is -2.05. The zero-order chi connectivity index (χ0) is 10.8. The second kappa shape index (κ2) is 4.21. The quantitative estimate of drug-likeness (QED) is 0.683. The van der Waals surface area contributed by atoms with E-state index in [1.54, 1.807) is 30.3 Å². The third kappa shape index (κ3) is 2.14. The molecule has 0 heterocycles. The first-order chi connectivity index (χ1) is 7.18. The molecule has 0 fully saturated rings. The summed E-state index contributed by atoms with van der Waals surface area (Å²) < 4.78 is 13.4. The van der Waals surface area contributed by atoms with Crippen LogP contribution in [0.1, 0.15) is 0 Å². The van der Waals surface area contributed by atoms with Gasteiger partial charge in [0.25, 0.3) is 0 Å². The zero-order valence-electron chi connectivity index (χ0n) is 7.60. The van der Waals surface area contributed by atoms with E-state index in [2.05, 4.69) is 6.07 Å². The molecule has 0 amide bonds. The van der Waals surface area contributed by atoms with Gasteiger partial charge in [0.15, 0.2) is 0 Å². The molecule has 3 heteroatoms. The predicted octanol–water partition coefficient (Wildman–Crippen LogP) is 4.60. The fraction of sp³-hybridized carbons (Fsp3) is 0. The van der Waals surface area contributed by atoms with Crippen molar-refractivity contribution in [2.45, 2.75) is 0 Å². The highest BCUT2D eigenvalue weighted by atomic mass is 35.5. The van der Waals surface area contributed by atoms with Crippen LogP contribution in [0.3, 0.4) is 0 Å². The van der Waals surface area contributed by atoms with E-state index >= 15 is 0 Å². The molecule has 0 atom stereocenters. The molecule has 0 saturated carbocycles. The fourth-order valence-electron chi connectivity index (χ4n) is 1.31. The van der Waals surface area contributed by atoms with Gasteiger partial charge in [-0.15, -0.1) is 0 Å². The SMILES string of the molecule is Fc1ccc[c]c1-c1ccc(Cl)cc1Cl. The van der Waals surface area contributed by atoms with Crippen LogP contribution in [0.5, 0.6) is 0 Å². The van der Waals surface area contributed by atoms with Gasteiger partial charge >= 0.3 is 0 Å². The maximum absolute atomic E-state index is 13.4. The third-order valence-corrected chi connectivity index (χ3v) is 2.55. The van der Waals surface area contributed by atoms with Gasteiger partial charge in [0.05, 0.1) is 0 Å². The van der Waals surface area contributed by atoms with Crippen LogP contribution >= 0.6 is 23.2 Å². The van der Waals surface area contributed by atoms with E-state index in [-0.39, 0.29) is 5.82 Å². The molecule has 0 aliphatic heterocycles. The van der Waals surface area contributed by atoms with Crippen LogP contribution in [0.15, 0.2) is 36.4 Å². The summed E-state index contributed by atoms with van der Waals surface area (Å²) in [6.07, 6.45) is 0. The molecule has 0 nitrogen and oxygen atoms in total. The summed E-state index contributed by atoms with van der Waals surface area (Å²) in [5.41, 5.74) is 0.957. The Morgan fingerprint density at radius 3 is 2.60 bits per heavy atom. The van der Waals surface area contributed by atoms with Crippen molar-refractivity contribution in [3.05, 3.63) is 58.3 Å². The molecule has 0 bridgehead atoms. The molecule has 0 aromatic heterocycles. The molecule has 2 aromatic rings. The molecule has 75 valence electrons. The smallest absolute Gasteiger partial charge is 0.131 e. The molecular formula is C12H6Cl2F. The minimum atomic E-state index is -0.346. The molecule has 0 aliphatic rings. The molecule has 0 N–H and O–H groups in total. The highest BCUT2D eigenvalue weighted by molar-refractivity contribution is 6.36. The normalized spacial score (nSPS) is 10.3. The van der Waals surface area contributed by atoms with Crippen LogP contribution < -0.4 is 0 Å². The van der Waals surface area contributed by atoms with E-state index in [1.807, 2.05) is 0 Å². The first-order valence-electron chi connectivity index (χ1n) is 4.30. The van der Waals surface area contributed by atoms with Gasteiger partial charge in [0, 0.05) is 21.2 Å². The predicted molar refractivity (Wildman–Crippen MR) is 60.7 cm³/mol. The second-order valence-electron chi connectivity index (χ2n) is 3.02. The summed E-state index contributed by atoms with van der Waals surface area (Å²) in [5, 5.41) is 0.948. The largest absolute Gasteiger partial charge is 0.206 e. The van der Waals surface area contributed by atoms with Crippen LogP contribution in [0.25, 0.3) is 11.1 Å². The Morgan fingerprint density at radius 2 is 1.93 bits per heavy atom. The fourth-order valence-corrected chi connectivity index (χ4v) is 1.82. The number of halogens is 3. The summed E-state index contributed by atoms with van der Waals surface area (Å²) >= 11 is 11.7. The van der Waals surface area contributed by atoms with E-state index < -0.39 is 0 Å².